The van der Waals surface area contributed by atoms with Gasteiger partial charge in [-0.15, -0.1) is 5.10 Å². The number of likely N-dealkylation sites (N-methyl/N-ethyl adjacent to an activating group) is 1. The Bertz CT molecular complexity index is 581. The van der Waals surface area contributed by atoms with E-state index in [1.165, 1.54) is 5.69 Å². The molecule has 0 aliphatic carbocycles. The van der Waals surface area contributed by atoms with Crippen LogP contribution in [-0.4, -0.2) is 52.9 Å². The maximum Gasteiger partial charge on any atom is 0.241 e. The molecule has 1 aromatic carbocycles. The molecule has 20 heavy (non-hydrogen) atoms. The van der Waals surface area contributed by atoms with Crippen molar-refractivity contribution in [2.24, 2.45) is 0 Å². The summed E-state index contributed by atoms with van der Waals surface area (Å²) in [6, 6.07) is 8.13. The van der Waals surface area contributed by atoms with Crippen molar-refractivity contribution in [1.29, 1.82) is 0 Å². The Balaban J connectivity index is 1.79. The molecular weight excluding hydrogens is 254 g/mol. The van der Waals surface area contributed by atoms with Crippen LogP contribution in [0, 0.1) is 0 Å². The van der Waals surface area contributed by atoms with E-state index in [0.717, 1.165) is 31.9 Å². The Kier molecular flexibility index (Phi) is 3.19. The van der Waals surface area contributed by atoms with Gasteiger partial charge in [0.05, 0.1) is 5.69 Å². The Morgan fingerprint density at radius 1 is 0.950 bits per heavy atom. The summed E-state index contributed by atoms with van der Waals surface area (Å²) in [5.74, 6) is 0.487. The summed E-state index contributed by atoms with van der Waals surface area (Å²) >= 11 is 0. The van der Waals surface area contributed by atoms with Crippen LogP contribution in [-0.2, 0) is 0 Å². The maximum atomic E-state index is 5.76. The molecule has 0 bridgehead atoms. The van der Waals surface area contributed by atoms with Crippen LogP contribution in [0.25, 0.3) is 5.69 Å². The van der Waals surface area contributed by atoms with Crippen molar-refractivity contribution >= 4 is 17.6 Å². The van der Waals surface area contributed by atoms with Crippen molar-refractivity contribution in [3.63, 3.8) is 0 Å². The van der Waals surface area contributed by atoms with Crippen LogP contribution in [0.15, 0.2) is 24.3 Å². The normalized spacial score (nSPS) is 16.6. The number of rotatable bonds is 2. The number of piperazine rings is 1. The largest absolute Gasteiger partial charge is 0.369 e. The van der Waals surface area contributed by atoms with Crippen molar-refractivity contribution in [2.45, 2.75) is 0 Å². The molecule has 0 unspecified atom stereocenters. The zero-order chi connectivity index (χ0) is 14.1. The first-order chi connectivity index (χ1) is 9.63. The van der Waals surface area contributed by atoms with E-state index in [9.17, 15) is 0 Å². The topological polar surface area (TPSA) is 89.2 Å². The second kappa shape index (κ2) is 5.01. The van der Waals surface area contributed by atoms with Crippen LogP contribution in [0.4, 0.5) is 17.6 Å². The number of aromatic nitrogens is 3. The van der Waals surface area contributed by atoms with Crippen LogP contribution < -0.4 is 16.4 Å². The minimum atomic E-state index is 0.186. The van der Waals surface area contributed by atoms with Gasteiger partial charge in [-0.05, 0) is 31.3 Å². The number of anilines is 3. The quantitative estimate of drug-likeness (QED) is 0.811. The fraction of sp³-hybridized carbons (Fsp3) is 0.385. The molecule has 0 amide bonds. The van der Waals surface area contributed by atoms with Gasteiger partial charge in [-0.1, -0.05) is 0 Å². The lowest BCUT2D eigenvalue weighted by atomic mass is 10.2. The molecular formula is C13H19N7. The van der Waals surface area contributed by atoms with Gasteiger partial charge in [0.2, 0.25) is 11.9 Å². The van der Waals surface area contributed by atoms with Gasteiger partial charge in [0.25, 0.3) is 0 Å². The molecule has 1 aromatic heterocycles. The van der Waals surface area contributed by atoms with Gasteiger partial charge in [0.15, 0.2) is 0 Å². The van der Waals surface area contributed by atoms with Crippen molar-refractivity contribution in [2.75, 3.05) is 49.6 Å². The number of hydrogen-bond donors (Lipinski definition) is 2. The summed E-state index contributed by atoms with van der Waals surface area (Å²) in [6.45, 7) is 4.28. The Morgan fingerprint density at radius 3 is 2.10 bits per heavy atom. The first-order valence-corrected chi connectivity index (χ1v) is 6.65. The lowest BCUT2D eigenvalue weighted by Gasteiger charge is -2.34. The molecule has 0 saturated carbocycles. The van der Waals surface area contributed by atoms with Crippen LogP contribution in [0.3, 0.4) is 0 Å². The van der Waals surface area contributed by atoms with Gasteiger partial charge in [-0.3, -0.25) is 0 Å². The first kappa shape index (κ1) is 12.7. The monoisotopic (exact) mass is 273 g/mol. The van der Waals surface area contributed by atoms with Gasteiger partial charge >= 0.3 is 0 Å². The molecule has 3 rings (SSSR count). The second-order valence-corrected chi connectivity index (χ2v) is 5.05. The SMILES string of the molecule is CN1CCN(c2ccc(-n3nc(N)nc3N)cc2)CC1. The number of nitrogens with zero attached hydrogens (tertiary/aromatic N) is 5. The molecule has 0 radical (unpaired) electrons. The van der Waals surface area contributed by atoms with Gasteiger partial charge < -0.3 is 21.3 Å². The molecule has 1 saturated heterocycles. The predicted molar refractivity (Wildman–Crippen MR) is 79.9 cm³/mol. The standard InChI is InChI=1S/C13H19N7/c1-18-6-8-19(9-7-18)10-2-4-11(5-3-10)20-13(15)16-12(14)17-20/h2-5H,6-9H2,1H3,(H4,14,15,16,17). The van der Waals surface area contributed by atoms with E-state index < -0.39 is 0 Å². The first-order valence-electron chi connectivity index (χ1n) is 6.65. The summed E-state index contributed by atoms with van der Waals surface area (Å²) in [4.78, 5) is 8.61. The van der Waals surface area contributed by atoms with E-state index in [1.807, 2.05) is 12.1 Å². The average Bonchev–Trinajstić information content (AvgIpc) is 2.79. The minimum absolute atomic E-state index is 0.186. The third-order valence-electron chi connectivity index (χ3n) is 3.61. The second-order valence-electron chi connectivity index (χ2n) is 5.05. The highest BCUT2D eigenvalue weighted by atomic mass is 15.4. The lowest BCUT2D eigenvalue weighted by Crippen LogP contribution is -2.44. The fourth-order valence-electron chi connectivity index (χ4n) is 2.40. The molecule has 1 fully saturated rings. The van der Waals surface area contributed by atoms with E-state index in [2.05, 4.69) is 39.1 Å². The van der Waals surface area contributed by atoms with Crippen LogP contribution in [0.1, 0.15) is 0 Å². The number of nitrogens with two attached hydrogens (primary N) is 2. The van der Waals surface area contributed by atoms with Gasteiger partial charge in [0.1, 0.15) is 0 Å². The highest BCUT2D eigenvalue weighted by Crippen LogP contribution is 2.20. The van der Waals surface area contributed by atoms with Crippen molar-refractivity contribution in [3.8, 4) is 5.69 Å². The van der Waals surface area contributed by atoms with E-state index in [4.69, 9.17) is 11.5 Å². The number of benzene rings is 1. The maximum absolute atomic E-state index is 5.76. The number of nitrogen functional groups attached to an aromatic ring is 2. The van der Waals surface area contributed by atoms with Crippen LogP contribution in [0.5, 0.6) is 0 Å². The molecule has 106 valence electrons. The highest BCUT2D eigenvalue weighted by molar-refractivity contribution is 5.52. The Labute approximate surface area is 117 Å². The summed E-state index contributed by atoms with van der Waals surface area (Å²) in [6.07, 6.45) is 0. The molecule has 4 N–H and O–H groups in total. The summed E-state index contributed by atoms with van der Waals surface area (Å²) in [5.41, 5.74) is 13.4. The van der Waals surface area contributed by atoms with Crippen molar-refractivity contribution < 1.29 is 0 Å². The van der Waals surface area contributed by atoms with E-state index in [-0.39, 0.29) is 5.95 Å². The molecule has 7 heteroatoms. The van der Waals surface area contributed by atoms with Crippen LogP contribution >= 0.6 is 0 Å². The molecule has 0 spiro atoms. The third-order valence-corrected chi connectivity index (χ3v) is 3.61. The summed E-state index contributed by atoms with van der Waals surface area (Å²) < 4.78 is 1.54. The number of hydrogen-bond acceptors (Lipinski definition) is 6. The molecule has 1 aliphatic heterocycles. The molecule has 0 atom stereocenters. The zero-order valence-corrected chi connectivity index (χ0v) is 11.5. The van der Waals surface area contributed by atoms with Gasteiger partial charge in [0, 0.05) is 31.9 Å². The zero-order valence-electron chi connectivity index (χ0n) is 11.5. The third kappa shape index (κ3) is 2.39. The van der Waals surface area contributed by atoms with Gasteiger partial charge in [-0.2, -0.15) is 9.67 Å². The smallest absolute Gasteiger partial charge is 0.241 e. The van der Waals surface area contributed by atoms with E-state index in [1.54, 1.807) is 4.68 Å². The summed E-state index contributed by atoms with van der Waals surface area (Å²) in [7, 11) is 2.15. The van der Waals surface area contributed by atoms with Crippen molar-refractivity contribution in [3.05, 3.63) is 24.3 Å². The van der Waals surface area contributed by atoms with Crippen LogP contribution in [0.2, 0.25) is 0 Å². The predicted octanol–water partition coefficient (Wildman–Crippen LogP) is 0.184. The lowest BCUT2D eigenvalue weighted by molar-refractivity contribution is 0.313. The van der Waals surface area contributed by atoms with E-state index >= 15 is 0 Å². The highest BCUT2D eigenvalue weighted by Gasteiger charge is 2.14. The Morgan fingerprint density at radius 2 is 1.55 bits per heavy atom. The van der Waals surface area contributed by atoms with Crippen molar-refractivity contribution in [1.82, 2.24) is 19.7 Å². The molecule has 1 aliphatic rings. The fourth-order valence-corrected chi connectivity index (χ4v) is 2.40. The summed E-state index contributed by atoms with van der Waals surface area (Å²) in [5, 5.41) is 4.07. The van der Waals surface area contributed by atoms with Gasteiger partial charge in [-0.25, -0.2) is 0 Å². The molecule has 7 nitrogen and oxygen atoms in total. The molecule has 2 heterocycles. The average molecular weight is 273 g/mol. The minimum Gasteiger partial charge on any atom is -0.369 e. The molecule has 2 aromatic rings. The van der Waals surface area contributed by atoms with E-state index in [0.29, 0.717) is 5.95 Å². The Hall–Kier alpha value is -2.28.